The minimum atomic E-state index is 0.490. The SMILES string of the molecule is CN(C)c1nccc(N2CCC(c3nc4ccccc4[nH]3)CC2)n1. The second-order valence-electron chi connectivity index (χ2n) is 6.51. The number of aromatic amines is 1. The third-order valence-electron chi connectivity index (χ3n) is 4.64. The van der Waals surface area contributed by atoms with Crippen molar-refractivity contribution in [2.75, 3.05) is 37.0 Å². The Kier molecular flexibility index (Phi) is 3.80. The predicted octanol–water partition coefficient (Wildman–Crippen LogP) is 2.80. The van der Waals surface area contributed by atoms with Crippen molar-refractivity contribution >= 4 is 22.8 Å². The van der Waals surface area contributed by atoms with Crippen LogP contribution >= 0.6 is 0 Å². The normalized spacial score (nSPS) is 15.8. The minimum Gasteiger partial charge on any atom is -0.356 e. The summed E-state index contributed by atoms with van der Waals surface area (Å²) in [7, 11) is 3.93. The molecule has 0 bridgehead atoms. The summed E-state index contributed by atoms with van der Waals surface area (Å²) in [6, 6.07) is 10.2. The van der Waals surface area contributed by atoms with Gasteiger partial charge in [-0.25, -0.2) is 9.97 Å². The Hall–Kier alpha value is -2.63. The molecular weight excluding hydrogens is 300 g/mol. The fraction of sp³-hybridized carbons (Fsp3) is 0.389. The Morgan fingerprint density at radius 2 is 1.88 bits per heavy atom. The van der Waals surface area contributed by atoms with Crippen molar-refractivity contribution in [1.29, 1.82) is 0 Å². The minimum absolute atomic E-state index is 0.490. The zero-order valence-electron chi connectivity index (χ0n) is 14.1. The van der Waals surface area contributed by atoms with Crippen LogP contribution in [0.25, 0.3) is 11.0 Å². The fourth-order valence-corrected chi connectivity index (χ4v) is 3.28. The summed E-state index contributed by atoms with van der Waals surface area (Å²) in [5, 5.41) is 0. The van der Waals surface area contributed by atoms with E-state index in [4.69, 9.17) is 4.98 Å². The van der Waals surface area contributed by atoms with Crippen molar-refractivity contribution in [3.05, 3.63) is 42.4 Å². The smallest absolute Gasteiger partial charge is 0.226 e. The highest BCUT2D eigenvalue weighted by atomic mass is 15.3. The Balaban J connectivity index is 1.47. The second-order valence-corrected chi connectivity index (χ2v) is 6.51. The van der Waals surface area contributed by atoms with E-state index in [1.54, 1.807) is 0 Å². The van der Waals surface area contributed by atoms with Gasteiger partial charge >= 0.3 is 0 Å². The number of piperidine rings is 1. The van der Waals surface area contributed by atoms with Gasteiger partial charge in [0.1, 0.15) is 11.6 Å². The van der Waals surface area contributed by atoms with Gasteiger partial charge in [0.15, 0.2) is 0 Å². The number of nitrogens with one attached hydrogen (secondary N) is 1. The Morgan fingerprint density at radius 3 is 2.62 bits per heavy atom. The molecule has 0 amide bonds. The van der Waals surface area contributed by atoms with Crippen LogP contribution in [-0.2, 0) is 0 Å². The average Bonchev–Trinajstić information content (AvgIpc) is 3.06. The maximum Gasteiger partial charge on any atom is 0.226 e. The van der Waals surface area contributed by atoms with Crippen LogP contribution in [0.5, 0.6) is 0 Å². The number of hydrogen-bond donors (Lipinski definition) is 1. The second kappa shape index (κ2) is 6.11. The number of imidazole rings is 1. The summed E-state index contributed by atoms with van der Waals surface area (Å²) in [6.07, 6.45) is 4.01. The van der Waals surface area contributed by atoms with E-state index in [0.717, 1.165) is 54.6 Å². The lowest BCUT2D eigenvalue weighted by Crippen LogP contribution is -2.34. The molecule has 1 aromatic carbocycles. The molecule has 4 rings (SSSR count). The summed E-state index contributed by atoms with van der Waals surface area (Å²) >= 11 is 0. The molecular formula is C18H22N6. The molecule has 6 heteroatoms. The van der Waals surface area contributed by atoms with Crippen LogP contribution in [0.15, 0.2) is 36.5 Å². The highest BCUT2D eigenvalue weighted by Gasteiger charge is 2.24. The number of rotatable bonds is 3. The van der Waals surface area contributed by atoms with Gasteiger partial charge in [-0.05, 0) is 31.0 Å². The molecule has 0 spiro atoms. The molecule has 0 radical (unpaired) electrons. The lowest BCUT2D eigenvalue weighted by Gasteiger charge is -2.32. The van der Waals surface area contributed by atoms with Gasteiger partial charge in [0.05, 0.1) is 11.0 Å². The molecule has 0 unspecified atom stereocenters. The summed E-state index contributed by atoms with van der Waals surface area (Å²) in [4.78, 5) is 21.5. The third-order valence-corrected chi connectivity index (χ3v) is 4.64. The first-order valence-electron chi connectivity index (χ1n) is 8.40. The van der Waals surface area contributed by atoms with Gasteiger partial charge < -0.3 is 14.8 Å². The van der Waals surface area contributed by atoms with Gasteiger partial charge in [-0.15, -0.1) is 0 Å². The Labute approximate surface area is 141 Å². The summed E-state index contributed by atoms with van der Waals surface area (Å²) in [5.41, 5.74) is 2.18. The topological polar surface area (TPSA) is 60.9 Å². The maximum atomic E-state index is 4.77. The largest absolute Gasteiger partial charge is 0.356 e. The lowest BCUT2D eigenvalue weighted by molar-refractivity contribution is 0.487. The van der Waals surface area contributed by atoms with Crippen molar-refractivity contribution in [3.63, 3.8) is 0 Å². The number of para-hydroxylation sites is 2. The molecule has 2 aromatic heterocycles. The first-order chi connectivity index (χ1) is 11.7. The molecule has 1 aliphatic rings. The first-order valence-corrected chi connectivity index (χ1v) is 8.40. The van der Waals surface area contributed by atoms with Gasteiger partial charge in [0, 0.05) is 39.3 Å². The van der Waals surface area contributed by atoms with E-state index in [0.29, 0.717) is 5.92 Å². The van der Waals surface area contributed by atoms with Crippen LogP contribution in [0.2, 0.25) is 0 Å². The number of H-pyrrole nitrogens is 1. The van der Waals surface area contributed by atoms with Crippen molar-refractivity contribution in [2.45, 2.75) is 18.8 Å². The number of fused-ring (bicyclic) bond motifs is 1. The molecule has 1 fully saturated rings. The van der Waals surface area contributed by atoms with Gasteiger partial charge in [-0.3, -0.25) is 0 Å². The third kappa shape index (κ3) is 2.79. The number of nitrogens with zero attached hydrogens (tertiary/aromatic N) is 5. The number of anilines is 2. The van der Waals surface area contributed by atoms with Crippen LogP contribution in [-0.4, -0.2) is 47.1 Å². The highest BCUT2D eigenvalue weighted by molar-refractivity contribution is 5.74. The summed E-state index contributed by atoms with van der Waals surface area (Å²) < 4.78 is 0. The van der Waals surface area contributed by atoms with E-state index in [1.165, 1.54) is 0 Å². The monoisotopic (exact) mass is 322 g/mol. The maximum absolute atomic E-state index is 4.77. The number of benzene rings is 1. The van der Waals surface area contributed by atoms with Gasteiger partial charge in [-0.1, -0.05) is 12.1 Å². The molecule has 0 saturated carbocycles. The average molecular weight is 322 g/mol. The Bertz CT molecular complexity index is 799. The van der Waals surface area contributed by atoms with Crippen molar-refractivity contribution in [1.82, 2.24) is 19.9 Å². The van der Waals surface area contributed by atoms with Gasteiger partial charge in [-0.2, -0.15) is 4.98 Å². The van der Waals surface area contributed by atoms with E-state index in [-0.39, 0.29) is 0 Å². The highest BCUT2D eigenvalue weighted by Crippen LogP contribution is 2.29. The molecule has 3 aromatic rings. The van der Waals surface area contributed by atoms with Crippen LogP contribution in [0.3, 0.4) is 0 Å². The van der Waals surface area contributed by atoms with E-state index in [2.05, 4.69) is 32.0 Å². The molecule has 1 aliphatic heterocycles. The van der Waals surface area contributed by atoms with Crippen molar-refractivity contribution in [3.8, 4) is 0 Å². The molecule has 24 heavy (non-hydrogen) atoms. The standard InChI is InChI=1S/C18H22N6/c1-23(2)18-19-10-7-16(22-18)24-11-8-13(9-12-24)17-20-14-5-3-4-6-15(14)21-17/h3-7,10,13H,8-9,11-12H2,1-2H3,(H,20,21). The van der Waals surface area contributed by atoms with E-state index >= 15 is 0 Å². The van der Waals surface area contributed by atoms with E-state index < -0.39 is 0 Å². The van der Waals surface area contributed by atoms with Gasteiger partial charge in [0.25, 0.3) is 0 Å². The predicted molar refractivity (Wildman–Crippen MR) is 96.6 cm³/mol. The van der Waals surface area contributed by atoms with E-state index in [1.807, 2.05) is 43.4 Å². The molecule has 1 N–H and O–H groups in total. The van der Waals surface area contributed by atoms with Crippen LogP contribution < -0.4 is 9.80 Å². The molecule has 0 aliphatic carbocycles. The molecule has 0 atom stereocenters. The molecule has 3 heterocycles. The molecule has 124 valence electrons. The first kappa shape index (κ1) is 14.9. The van der Waals surface area contributed by atoms with Crippen LogP contribution in [0.4, 0.5) is 11.8 Å². The lowest BCUT2D eigenvalue weighted by atomic mass is 9.96. The quantitative estimate of drug-likeness (QED) is 0.803. The zero-order chi connectivity index (χ0) is 16.5. The van der Waals surface area contributed by atoms with Crippen LogP contribution in [0.1, 0.15) is 24.6 Å². The number of hydrogen-bond acceptors (Lipinski definition) is 5. The van der Waals surface area contributed by atoms with Crippen molar-refractivity contribution in [2.24, 2.45) is 0 Å². The summed E-state index contributed by atoms with van der Waals surface area (Å²) in [6.45, 7) is 1.98. The van der Waals surface area contributed by atoms with Crippen molar-refractivity contribution < 1.29 is 0 Å². The zero-order valence-corrected chi connectivity index (χ0v) is 14.1. The van der Waals surface area contributed by atoms with Gasteiger partial charge in [0.2, 0.25) is 5.95 Å². The van der Waals surface area contributed by atoms with E-state index in [9.17, 15) is 0 Å². The molecule has 6 nitrogen and oxygen atoms in total. The fourth-order valence-electron chi connectivity index (χ4n) is 3.28. The van der Waals surface area contributed by atoms with Crippen LogP contribution in [0, 0.1) is 0 Å². The number of aromatic nitrogens is 4. The summed E-state index contributed by atoms with van der Waals surface area (Å²) in [5.74, 6) is 3.37. The molecule has 1 saturated heterocycles. The Morgan fingerprint density at radius 1 is 1.08 bits per heavy atom.